The van der Waals surface area contributed by atoms with Crippen LogP contribution in [0.1, 0.15) is 45.7 Å². The molecule has 0 spiro atoms. The second-order valence-corrected chi connectivity index (χ2v) is 5.57. The lowest BCUT2D eigenvalue weighted by atomic mass is 10.0. The molecule has 3 N–H and O–H groups in total. The number of hydrogen-bond donors (Lipinski definition) is 2. The van der Waals surface area contributed by atoms with Crippen molar-refractivity contribution in [2.24, 2.45) is 5.73 Å². The van der Waals surface area contributed by atoms with E-state index in [1.165, 1.54) is 0 Å². The zero-order valence-electron chi connectivity index (χ0n) is 12.5. The molecule has 4 nitrogen and oxygen atoms in total. The highest BCUT2D eigenvalue weighted by Crippen LogP contribution is 2.19. The van der Waals surface area contributed by atoms with Crippen LogP contribution in [0, 0.1) is 0 Å². The predicted octanol–water partition coefficient (Wildman–Crippen LogP) is 3.36. The molecule has 0 heterocycles. The van der Waals surface area contributed by atoms with E-state index in [1.54, 1.807) is 4.90 Å². The van der Waals surface area contributed by atoms with Crippen LogP contribution in [0.2, 0.25) is 0 Å². The summed E-state index contributed by atoms with van der Waals surface area (Å²) in [6.07, 6.45) is 0.900. The van der Waals surface area contributed by atoms with Crippen molar-refractivity contribution in [1.29, 1.82) is 0 Å². The van der Waals surface area contributed by atoms with Gasteiger partial charge in [-0.3, -0.25) is 0 Å². The van der Waals surface area contributed by atoms with Gasteiger partial charge in [-0.25, -0.2) is 4.79 Å². The van der Waals surface area contributed by atoms with Gasteiger partial charge in [-0.1, -0.05) is 19.1 Å². The summed E-state index contributed by atoms with van der Waals surface area (Å²) in [5.74, 6) is 0. The summed E-state index contributed by atoms with van der Waals surface area (Å²) in [5.41, 5.74) is 7.46. The van der Waals surface area contributed by atoms with Crippen LogP contribution in [0.4, 0.5) is 10.5 Å². The Labute approximate surface area is 116 Å². The monoisotopic (exact) mass is 263 g/mol. The quantitative estimate of drug-likeness (QED) is 0.875. The fourth-order valence-corrected chi connectivity index (χ4v) is 1.62. The van der Waals surface area contributed by atoms with Crippen LogP contribution >= 0.6 is 0 Å². The maximum atomic E-state index is 12.2. The summed E-state index contributed by atoms with van der Waals surface area (Å²) in [6, 6.07) is 7.50. The summed E-state index contributed by atoms with van der Waals surface area (Å²) in [4.78, 5) is 13.9. The normalized spacial score (nSPS) is 12.9. The van der Waals surface area contributed by atoms with Gasteiger partial charge in [-0.15, -0.1) is 0 Å². The Morgan fingerprint density at radius 1 is 1.47 bits per heavy atom. The Kier molecular flexibility index (Phi) is 4.95. The molecule has 106 valence electrons. The average Bonchev–Trinajstić information content (AvgIpc) is 2.38. The highest BCUT2D eigenvalue weighted by molar-refractivity contribution is 5.89. The number of nitrogens with one attached hydrogen (secondary N) is 1. The number of benzene rings is 1. The highest BCUT2D eigenvalue weighted by Gasteiger charge is 2.25. The van der Waals surface area contributed by atoms with Crippen molar-refractivity contribution in [3.05, 3.63) is 29.8 Å². The van der Waals surface area contributed by atoms with Crippen molar-refractivity contribution in [3.8, 4) is 0 Å². The van der Waals surface area contributed by atoms with E-state index < -0.39 is 0 Å². The summed E-state index contributed by atoms with van der Waals surface area (Å²) in [5, 5.41) is 2.91. The molecule has 0 bridgehead atoms. The van der Waals surface area contributed by atoms with E-state index in [0.29, 0.717) is 0 Å². The molecule has 0 radical (unpaired) electrons. The van der Waals surface area contributed by atoms with Crippen molar-refractivity contribution < 1.29 is 4.79 Å². The van der Waals surface area contributed by atoms with Gasteiger partial charge < -0.3 is 16.0 Å². The van der Waals surface area contributed by atoms with Crippen molar-refractivity contribution in [2.45, 2.75) is 45.7 Å². The standard InChI is InChI=1S/C15H25N3O/c1-6-15(3,4)18(5)14(19)17-13-9-7-8-12(10-13)11(2)16/h7-11H,6,16H2,1-5H3,(H,17,19). The maximum absolute atomic E-state index is 12.2. The topological polar surface area (TPSA) is 58.4 Å². The van der Waals surface area contributed by atoms with E-state index in [1.807, 2.05) is 52.1 Å². The van der Waals surface area contributed by atoms with Gasteiger partial charge in [0.05, 0.1) is 0 Å². The lowest BCUT2D eigenvalue weighted by molar-refractivity contribution is 0.165. The summed E-state index contributed by atoms with van der Waals surface area (Å²) in [6.45, 7) is 8.09. The fraction of sp³-hybridized carbons (Fsp3) is 0.533. The molecule has 1 aromatic carbocycles. The Bertz CT molecular complexity index is 441. The minimum atomic E-state index is -0.164. The van der Waals surface area contributed by atoms with Gasteiger partial charge in [0.15, 0.2) is 0 Å². The van der Waals surface area contributed by atoms with Gasteiger partial charge in [0.1, 0.15) is 0 Å². The van der Waals surface area contributed by atoms with Crippen LogP contribution in [0.5, 0.6) is 0 Å². The number of hydrogen-bond acceptors (Lipinski definition) is 2. The second-order valence-electron chi connectivity index (χ2n) is 5.57. The third kappa shape index (κ3) is 3.96. The van der Waals surface area contributed by atoms with Crippen LogP contribution < -0.4 is 11.1 Å². The lowest BCUT2D eigenvalue weighted by Gasteiger charge is -2.34. The number of carbonyl (C=O) groups is 1. The third-order valence-corrected chi connectivity index (χ3v) is 3.74. The molecular weight excluding hydrogens is 238 g/mol. The number of rotatable bonds is 4. The molecular formula is C15H25N3O. The number of nitrogens with zero attached hydrogens (tertiary/aromatic N) is 1. The molecule has 0 saturated heterocycles. The molecule has 0 saturated carbocycles. The van der Waals surface area contributed by atoms with Gasteiger partial charge >= 0.3 is 6.03 Å². The average molecular weight is 263 g/mol. The molecule has 0 aliphatic carbocycles. The van der Waals surface area contributed by atoms with E-state index in [4.69, 9.17) is 5.73 Å². The van der Waals surface area contributed by atoms with E-state index in [-0.39, 0.29) is 17.6 Å². The maximum Gasteiger partial charge on any atom is 0.322 e. The molecule has 4 heteroatoms. The zero-order valence-corrected chi connectivity index (χ0v) is 12.5. The smallest absolute Gasteiger partial charge is 0.322 e. The van der Waals surface area contributed by atoms with Crippen LogP contribution in [0.15, 0.2) is 24.3 Å². The first kappa shape index (κ1) is 15.5. The lowest BCUT2D eigenvalue weighted by Crippen LogP contribution is -2.46. The molecule has 19 heavy (non-hydrogen) atoms. The first-order chi connectivity index (χ1) is 8.77. The highest BCUT2D eigenvalue weighted by atomic mass is 16.2. The van der Waals surface area contributed by atoms with Crippen molar-refractivity contribution >= 4 is 11.7 Å². The first-order valence-electron chi connectivity index (χ1n) is 6.68. The Morgan fingerprint density at radius 2 is 2.11 bits per heavy atom. The summed E-state index contributed by atoms with van der Waals surface area (Å²) >= 11 is 0. The number of anilines is 1. The third-order valence-electron chi connectivity index (χ3n) is 3.74. The first-order valence-corrected chi connectivity index (χ1v) is 6.68. The van der Waals surface area contributed by atoms with Gasteiger partial charge in [-0.2, -0.15) is 0 Å². The molecule has 2 amide bonds. The summed E-state index contributed by atoms with van der Waals surface area (Å²) in [7, 11) is 1.81. The van der Waals surface area contributed by atoms with Gasteiger partial charge in [0.25, 0.3) is 0 Å². The van der Waals surface area contributed by atoms with E-state index in [2.05, 4.69) is 12.2 Å². The van der Waals surface area contributed by atoms with E-state index in [0.717, 1.165) is 17.7 Å². The second kappa shape index (κ2) is 6.06. The summed E-state index contributed by atoms with van der Waals surface area (Å²) < 4.78 is 0. The molecule has 1 atom stereocenters. The minimum Gasteiger partial charge on any atom is -0.324 e. The SMILES string of the molecule is CCC(C)(C)N(C)C(=O)Nc1cccc(C(C)N)c1. The number of carbonyl (C=O) groups excluding carboxylic acids is 1. The molecule has 0 fully saturated rings. The van der Waals surface area contributed by atoms with Crippen LogP contribution in [-0.4, -0.2) is 23.5 Å². The Morgan fingerprint density at radius 3 is 2.63 bits per heavy atom. The molecule has 1 aromatic rings. The Balaban J connectivity index is 2.80. The van der Waals surface area contributed by atoms with Crippen molar-refractivity contribution in [3.63, 3.8) is 0 Å². The molecule has 1 unspecified atom stereocenters. The van der Waals surface area contributed by atoms with Crippen LogP contribution in [0.3, 0.4) is 0 Å². The molecule has 0 aliphatic rings. The van der Waals surface area contributed by atoms with Crippen molar-refractivity contribution in [2.75, 3.05) is 12.4 Å². The number of nitrogens with two attached hydrogens (primary N) is 1. The van der Waals surface area contributed by atoms with Crippen LogP contribution in [0.25, 0.3) is 0 Å². The molecule has 1 rings (SSSR count). The largest absolute Gasteiger partial charge is 0.324 e. The van der Waals surface area contributed by atoms with E-state index in [9.17, 15) is 4.79 Å². The molecule has 0 aromatic heterocycles. The molecule has 0 aliphatic heterocycles. The minimum absolute atomic E-state index is 0.0401. The van der Waals surface area contributed by atoms with E-state index >= 15 is 0 Å². The predicted molar refractivity (Wildman–Crippen MR) is 80.2 cm³/mol. The number of urea groups is 1. The van der Waals surface area contributed by atoms with Gasteiger partial charge in [0.2, 0.25) is 0 Å². The fourth-order valence-electron chi connectivity index (χ4n) is 1.62. The van der Waals surface area contributed by atoms with Gasteiger partial charge in [0, 0.05) is 24.3 Å². The Hall–Kier alpha value is -1.55. The zero-order chi connectivity index (χ0) is 14.6. The van der Waals surface area contributed by atoms with Gasteiger partial charge in [-0.05, 0) is 44.9 Å². The van der Waals surface area contributed by atoms with Crippen LogP contribution in [-0.2, 0) is 0 Å². The number of amides is 2. The van der Waals surface area contributed by atoms with Crippen molar-refractivity contribution in [1.82, 2.24) is 4.90 Å².